The number of nitrogens with one attached hydrogen (secondary N) is 1. The Balaban J connectivity index is 0.00000200. The highest BCUT2D eigenvalue weighted by atomic mass is 35.5. The van der Waals surface area contributed by atoms with Crippen molar-refractivity contribution in [1.29, 1.82) is 0 Å². The zero-order valence-corrected chi connectivity index (χ0v) is 12.9. The molecule has 4 heteroatoms. The van der Waals surface area contributed by atoms with Gasteiger partial charge in [-0.05, 0) is 37.2 Å². The minimum absolute atomic E-state index is 0. The molecule has 112 valence electrons. The van der Waals surface area contributed by atoms with E-state index in [0.717, 1.165) is 13.0 Å². The van der Waals surface area contributed by atoms with Crippen molar-refractivity contribution in [1.82, 2.24) is 5.32 Å². The molecule has 1 atom stereocenters. The Kier molecular flexibility index (Phi) is 6.50. The molecule has 1 aromatic carbocycles. The van der Waals surface area contributed by atoms with Crippen molar-refractivity contribution in [3.63, 3.8) is 0 Å². The molecule has 0 aliphatic heterocycles. The largest absolute Gasteiger partial charge is 0.355 e. The van der Waals surface area contributed by atoms with Gasteiger partial charge in [0.05, 0.1) is 0 Å². The van der Waals surface area contributed by atoms with Gasteiger partial charge in [0.1, 0.15) is 0 Å². The Morgan fingerprint density at radius 1 is 1.35 bits per heavy atom. The van der Waals surface area contributed by atoms with Crippen LogP contribution >= 0.6 is 12.4 Å². The molecule has 3 N–H and O–H groups in total. The summed E-state index contributed by atoms with van der Waals surface area (Å²) in [6.07, 6.45) is 5.17. The lowest BCUT2D eigenvalue weighted by Gasteiger charge is -2.42. The SMILES string of the molecule is CC(N)CC(=O)NCC1(Cc2ccccc2)CCC1.Cl. The average molecular weight is 297 g/mol. The molecule has 0 saturated heterocycles. The molecule has 20 heavy (non-hydrogen) atoms. The fourth-order valence-corrected chi connectivity index (χ4v) is 2.77. The van der Waals surface area contributed by atoms with Crippen molar-refractivity contribution in [2.45, 2.75) is 45.1 Å². The molecule has 1 amide bonds. The van der Waals surface area contributed by atoms with Gasteiger partial charge in [0.25, 0.3) is 0 Å². The van der Waals surface area contributed by atoms with E-state index in [1.165, 1.54) is 24.8 Å². The highest BCUT2D eigenvalue weighted by Crippen LogP contribution is 2.43. The van der Waals surface area contributed by atoms with Gasteiger partial charge in [0, 0.05) is 19.0 Å². The monoisotopic (exact) mass is 296 g/mol. The van der Waals surface area contributed by atoms with Gasteiger partial charge >= 0.3 is 0 Å². The normalized spacial score (nSPS) is 17.5. The Morgan fingerprint density at radius 2 is 2.00 bits per heavy atom. The first-order valence-corrected chi connectivity index (χ1v) is 7.16. The van der Waals surface area contributed by atoms with E-state index < -0.39 is 0 Å². The predicted octanol–water partition coefficient (Wildman–Crippen LogP) is 2.67. The van der Waals surface area contributed by atoms with Gasteiger partial charge in [0.2, 0.25) is 5.91 Å². The van der Waals surface area contributed by atoms with Crippen molar-refractivity contribution in [2.24, 2.45) is 11.1 Å². The van der Waals surface area contributed by atoms with E-state index >= 15 is 0 Å². The van der Waals surface area contributed by atoms with Gasteiger partial charge in [-0.1, -0.05) is 36.8 Å². The molecule has 0 aromatic heterocycles. The van der Waals surface area contributed by atoms with E-state index in [1.54, 1.807) is 0 Å². The molecule has 1 fully saturated rings. The summed E-state index contributed by atoms with van der Waals surface area (Å²) in [7, 11) is 0. The molecule has 1 aliphatic rings. The number of hydrogen-bond acceptors (Lipinski definition) is 2. The first kappa shape index (κ1) is 17.0. The Labute approximate surface area is 127 Å². The van der Waals surface area contributed by atoms with E-state index in [-0.39, 0.29) is 29.8 Å². The van der Waals surface area contributed by atoms with Crippen LogP contribution in [0.1, 0.15) is 38.2 Å². The number of benzene rings is 1. The molecule has 0 heterocycles. The number of nitrogens with two attached hydrogens (primary N) is 1. The Bertz CT molecular complexity index is 416. The van der Waals surface area contributed by atoms with Crippen LogP contribution < -0.4 is 11.1 Å². The number of amides is 1. The van der Waals surface area contributed by atoms with Crippen molar-refractivity contribution >= 4 is 18.3 Å². The molecule has 1 aromatic rings. The maximum absolute atomic E-state index is 11.7. The summed E-state index contributed by atoms with van der Waals surface area (Å²) < 4.78 is 0. The molecule has 0 bridgehead atoms. The number of hydrogen-bond donors (Lipinski definition) is 2. The molecular formula is C16H25ClN2O. The van der Waals surface area contributed by atoms with Gasteiger partial charge in [-0.2, -0.15) is 0 Å². The zero-order chi connectivity index (χ0) is 13.7. The third-order valence-electron chi connectivity index (χ3n) is 4.00. The molecular weight excluding hydrogens is 272 g/mol. The molecule has 1 saturated carbocycles. The quantitative estimate of drug-likeness (QED) is 0.848. The van der Waals surface area contributed by atoms with Crippen molar-refractivity contribution in [3.8, 4) is 0 Å². The van der Waals surface area contributed by atoms with Crippen LogP contribution in [-0.2, 0) is 11.2 Å². The predicted molar refractivity (Wildman–Crippen MR) is 85.0 cm³/mol. The lowest BCUT2D eigenvalue weighted by molar-refractivity contribution is -0.122. The molecule has 2 rings (SSSR count). The van der Waals surface area contributed by atoms with Crippen LogP contribution in [0.2, 0.25) is 0 Å². The molecule has 1 unspecified atom stereocenters. The van der Waals surface area contributed by atoms with Crippen molar-refractivity contribution in [3.05, 3.63) is 35.9 Å². The van der Waals surface area contributed by atoms with Gasteiger partial charge in [-0.15, -0.1) is 12.4 Å². The van der Waals surface area contributed by atoms with Crippen LogP contribution in [0, 0.1) is 5.41 Å². The topological polar surface area (TPSA) is 55.1 Å². The maximum atomic E-state index is 11.7. The van der Waals surface area contributed by atoms with E-state index in [9.17, 15) is 4.79 Å². The highest BCUT2D eigenvalue weighted by Gasteiger charge is 2.37. The summed E-state index contributed by atoms with van der Waals surface area (Å²) in [5.74, 6) is 0.0781. The lowest BCUT2D eigenvalue weighted by atomic mass is 9.65. The third-order valence-corrected chi connectivity index (χ3v) is 4.00. The number of carbonyl (C=O) groups is 1. The smallest absolute Gasteiger partial charge is 0.221 e. The minimum Gasteiger partial charge on any atom is -0.355 e. The summed E-state index contributed by atoms with van der Waals surface area (Å²) in [5.41, 5.74) is 7.28. The summed E-state index contributed by atoms with van der Waals surface area (Å²) in [6.45, 7) is 2.65. The van der Waals surface area contributed by atoms with Crippen LogP contribution in [0.4, 0.5) is 0 Å². The van der Waals surface area contributed by atoms with Crippen LogP contribution in [0.25, 0.3) is 0 Å². The average Bonchev–Trinajstić information content (AvgIpc) is 2.33. The third kappa shape index (κ3) is 4.80. The molecule has 1 aliphatic carbocycles. The van der Waals surface area contributed by atoms with Crippen molar-refractivity contribution < 1.29 is 4.79 Å². The second kappa shape index (κ2) is 7.65. The lowest BCUT2D eigenvalue weighted by Crippen LogP contribution is -2.44. The number of carbonyl (C=O) groups excluding carboxylic acids is 1. The molecule has 0 spiro atoms. The van der Waals surface area contributed by atoms with E-state index in [0.29, 0.717) is 6.42 Å². The second-order valence-corrected chi connectivity index (χ2v) is 5.97. The summed E-state index contributed by atoms with van der Waals surface area (Å²) >= 11 is 0. The number of rotatable bonds is 6. The van der Waals surface area contributed by atoms with Crippen LogP contribution in [0.5, 0.6) is 0 Å². The standard InChI is InChI=1S/C16H24N2O.ClH/c1-13(17)10-15(19)18-12-16(8-5-9-16)11-14-6-3-2-4-7-14;/h2-4,6-7,13H,5,8-12,17H2,1H3,(H,18,19);1H. The van der Waals surface area contributed by atoms with Gasteiger partial charge in [-0.25, -0.2) is 0 Å². The fraction of sp³-hybridized carbons (Fsp3) is 0.562. The van der Waals surface area contributed by atoms with E-state index in [4.69, 9.17) is 5.73 Å². The molecule has 0 radical (unpaired) electrons. The highest BCUT2D eigenvalue weighted by molar-refractivity contribution is 5.85. The maximum Gasteiger partial charge on any atom is 0.221 e. The van der Waals surface area contributed by atoms with E-state index in [2.05, 4.69) is 29.6 Å². The summed E-state index contributed by atoms with van der Waals surface area (Å²) in [4.78, 5) is 11.7. The molecule has 3 nitrogen and oxygen atoms in total. The second-order valence-electron chi connectivity index (χ2n) is 5.97. The summed E-state index contributed by atoms with van der Waals surface area (Å²) in [5, 5.41) is 3.06. The van der Waals surface area contributed by atoms with Gasteiger partial charge < -0.3 is 11.1 Å². The number of halogens is 1. The minimum atomic E-state index is -0.0635. The summed E-state index contributed by atoms with van der Waals surface area (Å²) in [6, 6.07) is 10.5. The Hall–Kier alpha value is -1.06. The van der Waals surface area contributed by atoms with E-state index in [1.807, 2.05) is 13.0 Å². The van der Waals surface area contributed by atoms with Crippen LogP contribution in [0.3, 0.4) is 0 Å². The first-order chi connectivity index (χ1) is 9.10. The van der Waals surface area contributed by atoms with Crippen molar-refractivity contribution in [2.75, 3.05) is 6.54 Å². The zero-order valence-electron chi connectivity index (χ0n) is 12.1. The van der Waals surface area contributed by atoms with Crippen LogP contribution in [0.15, 0.2) is 30.3 Å². The van der Waals surface area contributed by atoms with Crippen LogP contribution in [-0.4, -0.2) is 18.5 Å². The fourth-order valence-electron chi connectivity index (χ4n) is 2.77. The Morgan fingerprint density at radius 3 is 2.50 bits per heavy atom. The first-order valence-electron chi connectivity index (χ1n) is 7.16. The van der Waals surface area contributed by atoms with Gasteiger partial charge in [-0.3, -0.25) is 4.79 Å². The van der Waals surface area contributed by atoms with Gasteiger partial charge in [0.15, 0.2) is 0 Å².